The monoisotopic (exact) mass is 306 g/mol. The van der Waals surface area contributed by atoms with E-state index in [2.05, 4.69) is 20.0 Å². The van der Waals surface area contributed by atoms with Crippen molar-refractivity contribution in [3.8, 4) is 0 Å². The molecule has 0 saturated carbocycles. The summed E-state index contributed by atoms with van der Waals surface area (Å²) in [5.41, 5.74) is 0. The molecule has 108 valence electrons. The molecule has 19 heavy (non-hydrogen) atoms. The Hall–Kier alpha value is -1.06. The fourth-order valence-corrected chi connectivity index (χ4v) is 2.57. The third-order valence-corrected chi connectivity index (χ3v) is 5.08. The first-order chi connectivity index (χ1) is 8.86. The van der Waals surface area contributed by atoms with Crippen molar-refractivity contribution in [1.29, 1.82) is 0 Å². The van der Waals surface area contributed by atoms with E-state index >= 15 is 0 Å². The first kappa shape index (κ1) is 16.0. The van der Waals surface area contributed by atoms with E-state index in [4.69, 9.17) is 0 Å². The van der Waals surface area contributed by atoms with E-state index in [1.54, 1.807) is 6.92 Å². The lowest BCUT2D eigenvalue weighted by Gasteiger charge is -2.10. The van der Waals surface area contributed by atoms with E-state index in [0.29, 0.717) is 12.5 Å². The smallest absolute Gasteiger partial charge is 0.243 e. The molecule has 0 aliphatic rings. The van der Waals surface area contributed by atoms with Crippen molar-refractivity contribution in [2.45, 2.75) is 24.0 Å². The molecule has 1 aromatic rings. The molecule has 0 aliphatic heterocycles. The molecule has 2 N–H and O–H groups in total. The number of nitrogens with one attached hydrogen (secondary N) is 2. The number of sulfonamides is 1. The fourth-order valence-electron chi connectivity index (χ4n) is 1.13. The van der Waals surface area contributed by atoms with Gasteiger partial charge in [0.05, 0.1) is 12.4 Å². The van der Waals surface area contributed by atoms with Gasteiger partial charge in [0.25, 0.3) is 0 Å². The largest absolute Gasteiger partial charge is 0.355 e. The molecule has 1 heterocycles. The molecule has 1 aromatic heterocycles. The minimum absolute atomic E-state index is 0.0109. The minimum atomic E-state index is -3.66. The number of anilines is 1. The quantitative estimate of drug-likeness (QED) is 0.732. The Kier molecular flexibility index (Phi) is 5.83. The van der Waals surface area contributed by atoms with Crippen LogP contribution in [-0.2, 0) is 20.8 Å². The standard InChI is InChI=1S/C10H18N4O3S2/c1-4-11-10-12-6-9(7-13-10)19(16,17)14-5-8(2)18(3)15/h6-8,14H,4-5H2,1-3H3,(H,11,12,13). The number of rotatable bonds is 7. The summed E-state index contributed by atoms with van der Waals surface area (Å²) in [6.45, 7) is 4.37. The van der Waals surface area contributed by atoms with Gasteiger partial charge in [-0.05, 0) is 13.8 Å². The van der Waals surface area contributed by atoms with Crippen LogP contribution >= 0.6 is 0 Å². The Morgan fingerprint density at radius 3 is 2.42 bits per heavy atom. The highest BCUT2D eigenvalue weighted by molar-refractivity contribution is 7.89. The van der Waals surface area contributed by atoms with Crippen LogP contribution < -0.4 is 10.0 Å². The lowest BCUT2D eigenvalue weighted by Crippen LogP contribution is -2.32. The lowest BCUT2D eigenvalue weighted by atomic mass is 10.5. The van der Waals surface area contributed by atoms with E-state index in [1.165, 1.54) is 18.6 Å². The van der Waals surface area contributed by atoms with Crippen LogP contribution in [0.4, 0.5) is 5.95 Å². The molecule has 1 rings (SSSR count). The lowest BCUT2D eigenvalue weighted by molar-refractivity contribution is 0.579. The van der Waals surface area contributed by atoms with Crippen LogP contribution in [0, 0.1) is 0 Å². The van der Waals surface area contributed by atoms with E-state index < -0.39 is 20.8 Å². The number of hydrogen-bond acceptors (Lipinski definition) is 6. The molecule has 0 fully saturated rings. The molecular formula is C10H18N4O3S2. The van der Waals surface area contributed by atoms with Crippen LogP contribution in [0.3, 0.4) is 0 Å². The van der Waals surface area contributed by atoms with Gasteiger partial charge in [-0.15, -0.1) is 0 Å². The minimum Gasteiger partial charge on any atom is -0.355 e. The van der Waals surface area contributed by atoms with E-state index in [1.807, 2.05) is 6.92 Å². The maximum atomic E-state index is 11.9. The SMILES string of the molecule is CCNc1ncc(S(=O)(=O)NCC(C)S(C)=O)cn1. The first-order valence-electron chi connectivity index (χ1n) is 5.74. The average Bonchev–Trinajstić information content (AvgIpc) is 2.37. The van der Waals surface area contributed by atoms with Gasteiger partial charge in [0, 0.05) is 35.4 Å². The second-order valence-corrected chi connectivity index (χ2v) is 7.50. The fraction of sp³-hybridized carbons (Fsp3) is 0.600. The molecule has 0 spiro atoms. The summed E-state index contributed by atoms with van der Waals surface area (Å²) in [5, 5.41) is 2.62. The first-order valence-corrected chi connectivity index (χ1v) is 8.85. The highest BCUT2D eigenvalue weighted by Crippen LogP contribution is 2.07. The zero-order chi connectivity index (χ0) is 14.5. The third kappa shape index (κ3) is 4.84. The van der Waals surface area contributed by atoms with Gasteiger partial charge in [0.1, 0.15) is 4.90 Å². The van der Waals surface area contributed by atoms with Gasteiger partial charge in [-0.1, -0.05) is 0 Å². The summed E-state index contributed by atoms with van der Waals surface area (Å²) in [4.78, 5) is 7.78. The van der Waals surface area contributed by atoms with Gasteiger partial charge >= 0.3 is 0 Å². The molecule has 0 radical (unpaired) electrons. The summed E-state index contributed by atoms with van der Waals surface area (Å²) in [7, 11) is -4.73. The predicted molar refractivity (Wildman–Crippen MR) is 74.9 cm³/mol. The number of hydrogen-bond donors (Lipinski definition) is 2. The summed E-state index contributed by atoms with van der Waals surface area (Å²) >= 11 is 0. The van der Waals surface area contributed by atoms with Gasteiger partial charge < -0.3 is 5.32 Å². The summed E-state index contributed by atoms with van der Waals surface area (Å²) in [6, 6.07) is 0. The molecule has 9 heteroatoms. The molecule has 0 aliphatic carbocycles. The molecule has 0 aromatic carbocycles. The van der Waals surface area contributed by atoms with E-state index in [9.17, 15) is 12.6 Å². The zero-order valence-electron chi connectivity index (χ0n) is 11.1. The van der Waals surface area contributed by atoms with Crippen LogP contribution in [0.5, 0.6) is 0 Å². The molecule has 0 saturated heterocycles. The van der Waals surface area contributed by atoms with Crippen LogP contribution in [0.1, 0.15) is 13.8 Å². The third-order valence-electron chi connectivity index (χ3n) is 2.40. The highest BCUT2D eigenvalue weighted by atomic mass is 32.2. The Morgan fingerprint density at radius 2 is 1.95 bits per heavy atom. The molecule has 2 unspecified atom stereocenters. The van der Waals surface area contributed by atoms with E-state index in [-0.39, 0.29) is 16.7 Å². The maximum absolute atomic E-state index is 11.9. The maximum Gasteiger partial charge on any atom is 0.243 e. The number of aromatic nitrogens is 2. The van der Waals surface area contributed by atoms with E-state index in [0.717, 1.165) is 0 Å². The van der Waals surface area contributed by atoms with Crippen molar-refractivity contribution in [2.24, 2.45) is 0 Å². The summed E-state index contributed by atoms with van der Waals surface area (Å²) in [6.07, 6.45) is 4.01. The van der Waals surface area contributed by atoms with Crippen LogP contribution in [0.2, 0.25) is 0 Å². The molecular weight excluding hydrogens is 288 g/mol. The Balaban J connectivity index is 2.74. The Labute approximate surface area is 115 Å². The van der Waals surface area contributed by atoms with Crippen molar-refractivity contribution in [3.63, 3.8) is 0 Å². The van der Waals surface area contributed by atoms with Crippen LogP contribution in [-0.4, -0.2) is 47.2 Å². The normalized spacial score (nSPS) is 14.9. The summed E-state index contributed by atoms with van der Waals surface area (Å²) < 4.78 is 37.4. The Morgan fingerprint density at radius 1 is 1.37 bits per heavy atom. The predicted octanol–water partition coefficient (Wildman–Crippen LogP) is -0.0463. The van der Waals surface area contributed by atoms with Gasteiger partial charge in [-0.3, -0.25) is 4.21 Å². The number of nitrogens with zero attached hydrogens (tertiary/aromatic N) is 2. The second kappa shape index (κ2) is 6.92. The van der Waals surface area contributed by atoms with Crippen molar-refractivity contribution in [3.05, 3.63) is 12.4 Å². The molecule has 0 amide bonds. The average molecular weight is 306 g/mol. The molecule has 2 atom stereocenters. The van der Waals surface area contributed by atoms with Gasteiger partial charge in [-0.2, -0.15) is 0 Å². The summed E-state index contributed by atoms with van der Waals surface area (Å²) in [5.74, 6) is 0.379. The second-order valence-electron chi connectivity index (χ2n) is 3.93. The van der Waals surface area contributed by atoms with Crippen molar-refractivity contribution < 1.29 is 12.6 Å². The van der Waals surface area contributed by atoms with Crippen LogP contribution in [0.25, 0.3) is 0 Å². The highest BCUT2D eigenvalue weighted by Gasteiger charge is 2.17. The van der Waals surface area contributed by atoms with Crippen molar-refractivity contribution in [1.82, 2.24) is 14.7 Å². The molecule has 7 nitrogen and oxygen atoms in total. The van der Waals surface area contributed by atoms with Crippen LogP contribution in [0.15, 0.2) is 17.3 Å². The van der Waals surface area contributed by atoms with Gasteiger partial charge in [0.15, 0.2) is 0 Å². The van der Waals surface area contributed by atoms with Gasteiger partial charge in [-0.25, -0.2) is 23.1 Å². The van der Waals surface area contributed by atoms with Crippen molar-refractivity contribution in [2.75, 3.05) is 24.7 Å². The van der Waals surface area contributed by atoms with Crippen molar-refractivity contribution >= 4 is 26.8 Å². The zero-order valence-corrected chi connectivity index (χ0v) is 12.7. The van der Waals surface area contributed by atoms with Gasteiger partial charge in [0.2, 0.25) is 16.0 Å². The Bertz CT molecular complexity index is 530. The molecule has 0 bridgehead atoms. The topological polar surface area (TPSA) is 101 Å².